The van der Waals surface area contributed by atoms with Crippen LogP contribution in [0.4, 0.5) is 4.39 Å². The molecule has 2 aromatic rings. The number of rotatable bonds is 8. The second-order valence-corrected chi connectivity index (χ2v) is 9.27. The van der Waals surface area contributed by atoms with Crippen molar-refractivity contribution in [1.82, 2.24) is 4.98 Å². The summed E-state index contributed by atoms with van der Waals surface area (Å²) in [6.45, 7) is -0.246. The third-order valence-electron chi connectivity index (χ3n) is 6.94. The number of aromatic nitrogens is 1. The van der Waals surface area contributed by atoms with Crippen molar-refractivity contribution in [3.8, 4) is 5.75 Å². The van der Waals surface area contributed by atoms with Crippen molar-refractivity contribution in [1.29, 1.82) is 0 Å². The first-order valence-electron chi connectivity index (χ1n) is 10.8. The van der Waals surface area contributed by atoms with Gasteiger partial charge in [-0.05, 0) is 86.3 Å². The highest BCUT2D eigenvalue weighted by molar-refractivity contribution is 6.32. The van der Waals surface area contributed by atoms with Crippen LogP contribution in [0.3, 0.4) is 0 Å². The van der Waals surface area contributed by atoms with Gasteiger partial charge in [0.1, 0.15) is 5.75 Å². The molecule has 1 atom stereocenters. The van der Waals surface area contributed by atoms with Crippen LogP contribution in [0.25, 0.3) is 10.8 Å². The van der Waals surface area contributed by atoms with Crippen molar-refractivity contribution in [2.45, 2.75) is 69.9 Å². The summed E-state index contributed by atoms with van der Waals surface area (Å²) in [5, 5.41) is 1.85. The van der Waals surface area contributed by atoms with Gasteiger partial charge in [-0.2, -0.15) is 0 Å². The summed E-state index contributed by atoms with van der Waals surface area (Å²) in [7, 11) is 0. The summed E-state index contributed by atoms with van der Waals surface area (Å²) in [5.74, 6) is 1.28. The number of unbranched alkanes of at least 4 members (excludes halogenated alkanes) is 1. The Morgan fingerprint density at radius 2 is 2.00 bits per heavy atom. The number of aromatic amines is 1. The van der Waals surface area contributed by atoms with Crippen molar-refractivity contribution in [2.24, 2.45) is 17.1 Å². The number of ether oxygens (including phenoxy) is 1. The quantitative estimate of drug-likeness (QED) is 0.564. The molecule has 0 saturated heterocycles. The molecule has 0 radical (unpaired) electrons. The molecule has 1 heterocycles. The van der Waals surface area contributed by atoms with Gasteiger partial charge in [0.15, 0.2) is 0 Å². The molecule has 0 bridgehead atoms. The first-order chi connectivity index (χ1) is 14.0. The van der Waals surface area contributed by atoms with Crippen molar-refractivity contribution in [3.05, 3.63) is 39.8 Å². The number of fused-ring (bicyclic) bond motifs is 1. The van der Waals surface area contributed by atoms with Crippen LogP contribution in [0.5, 0.6) is 5.75 Å². The van der Waals surface area contributed by atoms with Crippen molar-refractivity contribution >= 4 is 22.4 Å². The minimum atomic E-state index is -0.246. The highest BCUT2D eigenvalue weighted by Gasteiger charge is 2.46. The van der Waals surface area contributed by atoms with E-state index in [1.165, 1.54) is 12.8 Å². The Morgan fingerprint density at radius 1 is 1.24 bits per heavy atom. The lowest BCUT2D eigenvalue weighted by Gasteiger charge is -2.45. The zero-order valence-corrected chi connectivity index (χ0v) is 17.5. The number of alkyl halides is 1. The fourth-order valence-electron chi connectivity index (χ4n) is 5.02. The van der Waals surface area contributed by atoms with E-state index in [0.717, 1.165) is 43.9 Å². The topological polar surface area (TPSA) is 68.1 Å². The molecule has 1 aromatic heterocycles. The van der Waals surface area contributed by atoms with Crippen molar-refractivity contribution < 1.29 is 9.13 Å². The fourth-order valence-corrected chi connectivity index (χ4v) is 5.23. The van der Waals surface area contributed by atoms with Crippen LogP contribution in [0.2, 0.25) is 5.02 Å². The number of hydrogen-bond acceptors (Lipinski definition) is 3. The first-order valence-corrected chi connectivity index (χ1v) is 11.2. The molecule has 0 spiro atoms. The minimum Gasteiger partial charge on any atom is -0.489 e. The molecule has 2 aliphatic carbocycles. The van der Waals surface area contributed by atoms with Crippen molar-refractivity contribution in [3.63, 3.8) is 0 Å². The molecule has 2 fully saturated rings. The SMILES string of the molecule is NC(C1CC1)[C@]1(CCCCF)CC[C@H](Oc2cc3cc[nH]c(=O)c3cc2Cl)CC1. The van der Waals surface area contributed by atoms with Crippen LogP contribution in [0.15, 0.2) is 29.2 Å². The monoisotopic (exact) mass is 420 g/mol. The molecule has 2 saturated carbocycles. The van der Waals surface area contributed by atoms with Gasteiger partial charge in [-0.1, -0.05) is 18.0 Å². The fraction of sp³-hybridized carbons (Fsp3) is 0.609. The Labute approximate surface area is 176 Å². The summed E-state index contributed by atoms with van der Waals surface area (Å²) in [6, 6.07) is 5.61. The van der Waals surface area contributed by atoms with E-state index in [0.29, 0.717) is 28.5 Å². The molecule has 4 nitrogen and oxygen atoms in total. The molecule has 29 heavy (non-hydrogen) atoms. The van der Waals surface area contributed by atoms with Gasteiger partial charge in [-0.25, -0.2) is 0 Å². The lowest BCUT2D eigenvalue weighted by atomic mass is 9.64. The van der Waals surface area contributed by atoms with Crippen LogP contribution >= 0.6 is 11.6 Å². The van der Waals surface area contributed by atoms with E-state index in [-0.39, 0.29) is 29.8 Å². The zero-order valence-electron chi connectivity index (χ0n) is 16.8. The van der Waals surface area contributed by atoms with E-state index in [1.807, 2.05) is 12.1 Å². The predicted molar refractivity (Wildman–Crippen MR) is 115 cm³/mol. The maximum atomic E-state index is 12.6. The Hall–Kier alpha value is -1.59. The predicted octanol–water partition coefficient (Wildman–Crippen LogP) is 5.37. The summed E-state index contributed by atoms with van der Waals surface area (Å²) in [6.07, 6.45) is 10.6. The average Bonchev–Trinajstić information content (AvgIpc) is 3.56. The molecular weight excluding hydrogens is 391 g/mol. The molecule has 4 rings (SSSR count). The summed E-state index contributed by atoms with van der Waals surface area (Å²) < 4.78 is 18.9. The number of nitrogens with two attached hydrogens (primary N) is 1. The molecule has 6 heteroatoms. The second kappa shape index (κ2) is 8.65. The van der Waals surface area contributed by atoms with Gasteiger partial charge in [0, 0.05) is 17.6 Å². The van der Waals surface area contributed by atoms with Gasteiger partial charge in [0.25, 0.3) is 5.56 Å². The van der Waals surface area contributed by atoms with Crippen molar-refractivity contribution in [2.75, 3.05) is 6.67 Å². The lowest BCUT2D eigenvalue weighted by molar-refractivity contribution is 0.0466. The molecule has 1 unspecified atom stereocenters. The van der Waals surface area contributed by atoms with Crippen LogP contribution in [0.1, 0.15) is 57.8 Å². The number of benzene rings is 1. The summed E-state index contributed by atoms with van der Waals surface area (Å²) >= 11 is 6.40. The third-order valence-corrected chi connectivity index (χ3v) is 7.24. The van der Waals surface area contributed by atoms with Gasteiger partial charge in [0.05, 0.1) is 17.8 Å². The highest BCUT2D eigenvalue weighted by atomic mass is 35.5. The molecule has 1 aromatic carbocycles. The summed E-state index contributed by atoms with van der Waals surface area (Å²) in [4.78, 5) is 14.6. The highest BCUT2D eigenvalue weighted by Crippen LogP contribution is 2.50. The number of nitrogens with one attached hydrogen (secondary N) is 1. The van der Waals surface area contributed by atoms with Crippen LogP contribution in [0, 0.1) is 11.3 Å². The standard InChI is InChI=1S/C23H30ClFN2O2/c24-19-14-18-16(7-12-27-22(18)28)13-20(19)29-17-5-9-23(10-6-17,8-1-2-11-25)21(26)15-3-4-15/h7,12-15,17,21H,1-6,8-11,26H2,(H,27,28)/t17-,21?,23+. The van der Waals surface area contributed by atoms with Gasteiger partial charge >= 0.3 is 0 Å². The number of halogens is 2. The van der Waals surface area contributed by atoms with Crippen LogP contribution in [-0.2, 0) is 0 Å². The van der Waals surface area contributed by atoms with Crippen LogP contribution in [-0.4, -0.2) is 23.8 Å². The van der Waals surface area contributed by atoms with Gasteiger partial charge in [0.2, 0.25) is 0 Å². The van der Waals surface area contributed by atoms with E-state index in [2.05, 4.69) is 4.98 Å². The smallest absolute Gasteiger partial charge is 0.255 e. The largest absolute Gasteiger partial charge is 0.489 e. The number of pyridine rings is 1. The van der Waals surface area contributed by atoms with E-state index in [1.54, 1.807) is 12.3 Å². The third kappa shape index (κ3) is 4.46. The Morgan fingerprint density at radius 3 is 2.69 bits per heavy atom. The van der Waals surface area contributed by atoms with E-state index in [9.17, 15) is 9.18 Å². The Bertz CT molecular complexity index is 903. The molecule has 0 aliphatic heterocycles. The van der Waals surface area contributed by atoms with E-state index >= 15 is 0 Å². The molecule has 3 N–H and O–H groups in total. The maximum absolute atomic E-state index is 12.6. The molecule has 0 amide bonds. The minimum absolute atomic E-state index is 0.0904. The maximum Gasteiger partial charge on any atom is 0.255 e. The van der Waals surface area contributed by atoms with Gasteiger partial charge in [-0.3, -0.25) is 9.18 Å². The normalized spacial score (nSPS) is 25.8. The average molecular weight is 421 g/mol. The molecule has 2 aliphatic rings. The van der Waals surface area contributed by atoms with Gasteiger partial charge < -0.3 is 15.5 Å². The summed E-state index contributed by atoms with van der Waals surface area (Å²) in [5.41, 5.74) is 6.65. The lowest BCUT2D eigenvalue weighted by Crippen LogP contribution is -2.47. The van der Waals surface area contributed by atoms with Crippen LogP contribution < -0.4 is 16.0 Å². The molecular formula is C23H30ClFN2O2. The second-order valence-electron chi connectivity index (χ2n) is 8.87. The Kier molecular flexibility index (Phi) is 6.16. The van der Waals surface area contributed by atoms with Gasteiger partial charge in [-0.15, -0.1) is 0 Å². The zero-order chi connectivity index (χ0) is 20.4. The number of hydrogen-bond donors (Lipinski definition) is 2. The Balaban J connectivity index is 1.45. The number of H-pyrrole nitrogens is 1. The van der Waals surface area contributed by atoms with E-state index in [4.69, 9.17) is 22.1 Å². The first kappa shape index (κ1) is 20.7. The molecule has 158 valence electrons. The van der Waals surface area contributed by atoms with E-state index < -0.39 is 0 Å².